The summed E-state index contributed by atoms with van der Waals surface area (Å²) < 4.78 is 8.45. The maximum absolute atomic E-state index is 13.2. The number of hydrogen-bond acceptors (Lipinski definition) is 4. The summed E-state index contributed by atoms with van der Waals surface area (Å²) in [6.07, 6.45) is -0.551. The summed E-state index contributed by atoms with van der Waals surface area (Å²) in [6.45, 7) is 9.65. The van der Waals surface area contributed by atoms with Crippen molar-refractivity contribution in [1.29, 1.82) is 0 Å². The first-order valence-electron chi connectivity index (χ1n) is 11.2. The fraction of sp³-hybridized carbons (Fsp3) is 0.375. The summed E-state index contributed by atoms with van der Waals surface area (Å²) in [4.78, 5) is 24.0. The summed E-state index contributed by atoms with van der Waals surface area (Å²) >= 11 is 3.48. The van der Waals surface area contributed by atoms with Crippen LogP contribution < -0.4 is 10.6 Å². The Labute approximate surface area is 208 Å². The minimum Gasteiger partial charge on any atom is -0.465 e. The fourth-order valence-electron chi connectivity index (χ4n) is 3.53. The lowest BCUT2D eigenvalue weighted by Crippen LogP contribution is -2.32. The standard InChI is InChI=1S/C24H31BrN4O4Si/c1-16(26-24(31)32)12-17-6-5-7-19(13-17)27-23(30)22-20-14-18(25)8-9-21(20)29(28-22)15-33-10-11-34(2,3)4/h5-9,13-14,16,26H,10-12,15H2,1-4H3,(H,27,30)(H,31,32). The number of hydrogen-bond donors (Lipinski definition) is 3. The number of amides is 2. The van der Waals surface area contributed by atoms with Crippen molar-refractivity contribution >= 4 is 52.6 Å². The zero-order valence-electron chi connectivity index (χ0n) is 19.9. The number of aromatic nitrogens is 2. The van der Waals surface area contributed by atoms with Gasteiger partial charge >= 0.3 is 6.09 Å². The molecule has 0 bridgehead atoms. The van der Waals surface area contributed by atoms with Gasteiger partial charge in [0.1, 0.15) is 6.73 Å². The van der Waals surface area contributed by atoms with E-state index in [0.717, 1.165) is 27.0 Å². The van der Waals surface area contributed by atoms with Crippen LogP contribution in [0.1, 0.15) is 23.0 Å². The van der Waals surface area contributed by atoms with Gasteiger partial charge in [-0.05, 0) is 55.3 Å². The van der Waals surface area contributed by atoms with Gasteiger partial charge < -0.3 is 20.5 Å². The van der Waals surface area contributed by atoms with Gasteiger partial charge in [0.15, 0.2) is 5.69 Å². The third-order valence-electron chi connectivity index (χ3n) is 5.23. The maximum Gasteiger partial charge on any atom is 0.404 e. The summed E-state index contributed by atoms with van der Waals surface area (Å²) in [5, 5.41) is 19.5. The van der Waals surface area contributed by atoms with E-state index in [9.17, 15) is 9.59 Å². The summed E-state index contributed by atoms with van der Waals surface area (Å²) in [5.74, 6) is -0.321. The van der Waals surface area contributed by atoms with Crippen molar-refractivity contribution in [2.24, 2.45) is 0 Å². The molecule has 3 rings (SSSR count). The van der Waals surface area contributed by atoms with E-state index in [4.69, 9.17) is 9.84 Å². The number of nitrogens with zero attached hydrogens (tertiary/aromatic N) is 2. The van der Waals surface area contributed by atoms with E-state index >= 15 is 0 Å². The Morgan fingerprint density at radius 1 is 1.21 bits per heavy atom. The molecule has 1 aromatic heterocycles. The molecule has 10 heteroatoms. The summed E-state index contributed by atoms with van der Waals surface area (Å²) in [5.41, 5.74) is 2.67. The second-order valence-corrected chi connectivity index (χ2v) is 16.1. The molecule has 1 heterocycles. The molecule has 1 unspecified atom stereocenters. The number of carbonyl (C=O) groups excluding carboxylic acids is 1. The zero-order valence-corrected chi connectivity index (χ0v) is 22.5. The molecule has 0 radical (unpaired) electrons. The Kier molecular flexibility index (Phi) is 8.50. The number of carboxylic acid groups (broad SMARTS) is 1. The normalized spacial score (nSPS) is 12.5. The van der Waals surface area contributed by atoms with Crippen LogP contribution in [0.15, 0.2) is 46.9 Å². The molecule has 1 atom stereocenters. The highest BCUT2D eigenvalue weighted by Gasteiger charge is 2.19. The molecule has 0 fully saturated rings. The van der Waals surface area contributed by atoms with E-state index < -0.39 is 14.2 Å². The minimum absolute atomic E-state index is 0.249. The van der Waals surface area contributed by atoms with E-state index in [2.05, 4.69) is 51.3 Å². The monoisotopic (exact) mass is 546 g/mol. The quantitative estimate of drug-likeness (QED) is 0.228. The third-order valence-corrected chi connectivity index (χ3v) is 7.43. The van der Waals surface area contributed by atoms with E-state index in [1.807, 2.05) is 36.4 Å². The van der Waals surface area contributed by atoms with Gasteiger partial charge in [0.2, 0.25) is 0 Å². The van der Waals surface area contributed by atoms with Gasteiger partial charge in [0, 0.05) is 36.3 Å². The van der Waals surface area contributed by atoms with Crippen molar-refractivity contribution < 1.29 is 19.4 Å². The lowest BCUT2D eigenvalue weighted by Gasteiger charge is -2.15. The first-order valence-corrected chi connectivity index (χ1v) is 15.7. The van der Waals surface area contributed by atoms with Gasteiger partial charge in [0.05, 0.1) is 5.52 Å². The Hall–Kier alpha value is -2.69. The Bertz CT molecular complexity index is 1180. The van der Waals surface area contributed by atoms with Gasteiger partial charge in [-0.1, -0.05) is 47.7 Å². The number of ether oxygens (including phenoxy) is 1. The SMILES string of the molecule is CC(Cc1cccc(NC(=O)c2nn(COCC[Si](C)(C)C)c3ccc(Br)cc23)c1)NC(=O)O. The average molecular weight is 548 g/mol. The molecule has 0 spiro atoms. The lowest BCUT2D eigenvalue weighted by atomic mass is 10.1. The molecule has 8 nitrogen and oxygen atoms in total. The van der Waals surface area contributed by atoms with Crippen LogP contribution in [0, 0.1) is 0 Å². The van der Waals surface area contributed by atoms with Crippen molar-refractivity contribution in [2.75, 3.05) is 11.9 Å². The van der Waals surface area contributed by atoms with Gasteiger partial charge in [-0.15, -0.1) is 0 Å². The van der Waals surface area contributed by atoms with E-state index in [1.54, 1.807) is 17.7 Å². The van der Waals surface area contributed by atoms with Crippen LogP contribution in [0.25, 0.3) is 10.9 Å². The lowest BCUT2D eigenvalue weighted by molar-refractivity contribution is 0.0809. The van der Waals surface area contributed by atoms with Crippen molar-refractivity contribution in [1.82, 2.24) is 15.1 Å². The maximum atomic E-state index is 13.2. The number of anilines is 1. The molecule has 3 aromatic rings. The molecule has 0 aliphatic carbocycles. The molecule has 2 aromatic carbocycles. The van der Waals surface area contributed by atoms with Crippen LogP contribution in [0.3, 0.4) is 0 Å². The molecule has 182 valence electrons. The molecular weight excluding hydrogens is 516 g/mol. The number of carbonyl (C=O) groups is 2. The number of nitrogens with one attached hydrogen (secondary N) is 2. The van der Waals surface area contributed by atoms with Crippen LogP contribution >= 0.6 is 15.9 Å². The van der Waals surface area contributed by atoms with Crippen LogP contribution in [0.4, 0.5) is 10.5 Å². The summed E-state index contributed by atoms with van der Waals surface area (Å²) in [6, 6.07) is 13.9. The molecule has 0 saturated carbocycles. The van der Waals surface area contributed by atoms with Crippen LogP contribution in [0.2, 0.25) is 25.7 Å². The first-order chi connectivity index (χ1) is 16.0. The van der Waals surface area contributed by atoms with Crippen LogP contribution in [0.5, 0.6) is 0 Å². The predicted octanol–water partition coefficient (Wildman–Crippen LogP) is 5.56. The van der Waals surface area contributed by atoms with Crippen molar-refractivity contribution in [3.63, 3.8) is 0 Å². The molecule has 0 saturated heterocycles. The molecule has 0 aliphatic rings. The highest BCUT2D eigenvalue weighted by atomic mass is 79.9. The number of fused-ring (bicyclic) bond motifs is 1. The smallest absolute Gasteiger partial charge is 0.404 e. The number of halogens is 1. The Morgan fingerprint density at radius 3 is 2.68 bits per heavy atom. The number of rotatable bonds is 10. The molecule has 3 N–H and O–H groups in total. The second-order valence-electron chi connectivity index (χ2n) is 9.57. The number of benzene rings is 2. The first kappa shape index (κ1) is 25.9. The fourth-order valence-corrected chi connectivity index (χ4v) is 4.65. The van der Waals surface area contributed by atoms with Gasteiger partial charge in [-0.25, -0.2) is 9.48 Å². The van der Waals surface area contributed by atoms with Crippen molar-refractivity contribution in [3.05, 3.63) is 58.2 Å². The van der Waals surface area contributed by atoms with Gasteiger partial charge in [-0.2, -0.15) is 5.10 Å². The van der Waals surface area contributed by atoms with E-state index in [0.29, 0.717) is 24.4 Å². The van der Waals surface area contributed by atoms with Gasteiger partial charge in [-0.3, -0.25) is 4.79 Å². The predicted molar refractivity (Wildman–Crippen MR) is 140 cm³/mol. The average Bonchev–Trinajstić information content (AvgIpc) is 3.08. The topological polar surface area (TPSA) is 105 Å². The third kappa shape index (κ3) is 7.41. The second kappa shape index (κ2) is 11.2. The molecule has 34 heavy (non-hydrogen) atoms. The van der Waals surface area contributed by atoms with Crippen molar-refractivity contribution in [2.45, 2.75) is 51.8 Å². The minimum atomic E-state index is -1.19. The molecule has 2 amide bonds. The van der Waals surface area contributed by atoms with Gasteiger partial charge in [0.25, 0.3) is 5.91 Å². The van der Waals surface area contributed by atoms with E-state index in [1.165, 1.54) is 0 Å². The highest BCUT2D eigenvalue weighted by Crippen LogP contribution is 2.24. The largest absolute Gasteiger partial charge is 0.465 e. The highest BCUT2D eigenvalue weighted by molar-refractivity contribution is 9.10. The van der Waals surface area contributed by atoms with Crippen LogP contribution in [-0.2, 0) is 17.9 Å². The Morgan fingerprint density at radius 2 is 1.97 bits per heavy atom. The van der Waals surface area contributed by atoms with Crippen molar-refractivity contribution in [3.8, 4) is 0 Å². The van der Waals surface area contributed by atoms with Crippen LogP contribution in [-0.4, -0.2) is 47.6 Å². The molecule has 0 aliphatic heterocycles. The summed E-state index contributed by atoms with van der Waals surface area (Å²) in [7, 11) is -1.19. The van der Waals surface area contributed by atoms with E-state index in [-0.39, 0.29) is 18.7 Å². The molecular formula is C24H31BrN4O4Si. The Balaban J connectivity index is 1.77. The zero-order chi connectivity index (χ0) is 24.9.